The van der Waals surface area contributed by atoms with Crippen molar-refractivity contribution >= 4 is 29.9 Å². The van der Waals surface area contributed by atoms with Crippen LogP contribution in [0.2, 0.25) is 0 Å². The van der Waals surface area contributed by atoms with Crippen molar-refractivity contribution in [3.05, 3.63) is 0 Å². The van der Waals surface area contributed by atoms with Gasteiger partial charge in [0.05, 0.1) is 12.6 Å². The lowest BCUT2D eigenvalue weighted by atomic mass is 9.95. The molecule has 0 saturated carbocycles. The molecule has 2 rings (SSSR count). The third-order valence-electron chi connectivity index (χ3n) is 3.08. The summed E-state index contributed by atoms with van der Waals surface area (Å²) in [6.45, 7) is 8.86. The molecular formula is C11H22IN3. The van der Waals surface area contributed by atoms with Crippen molar-refractivity contribution in [3.63, 3.8) is 0 Å². The molecule has 0 amide bonds. The van der Waals surface area contributed by atoms with Crippen LogP contribution in [0.5, 0.6) is 0 Å². The lowest BCUT2D eigenvalue weighted by Gasteiger charge is -2.36. The number of hydrogen-bond donors (Lipinski definition) is 1. The Morgan fingerprint density at radius 3 is 2.80 bits per heavy atom. The fraction of sp³-hybridized carbons (Fsp3) is 0.909. The Labute approximate surface area is 110 Å². The molecule has 0 radical (unpaired) electrons. The molecule has 1 N–H and O–H groups in total. The number of rotatable bonds is 1. The van der Waals surface area contributed by atoms with Crippen LogP contribution in [0.15, 0.2) is 4.99 Å². The van der Waals surface area contributed by atoms with E-state index in [1.165, 1.54) is 19.4 Å². The minimum absolute atomic E-state index is 0. The second-order valence-corrected chi connectivity index (χ2v) is 4.95. The molecule has 0 aliphatic carbocycles. The molecule has 88 valence electrons. The highest BCUT2D eigenvalue weighted by Gasteiger charge is 2.32. The van der Waals surface area contributed by atoms with E-state index in [2.05, 4.69) is 36.0 Å². The van der Waals surface area contributed by atoms with Gasteiger partial charge in [0.1, 0.15) is 0 Å². The van der Waals surface area contributed by atoms with Crippen LogP contribution < -0.4 is 5.32 Å². The highest BCUT2D eigenvalue weighted by atomic mass is 127. The Balaban J connectivity index is 0.00000112. The first-order valence-corrected chi connectivity index (χ1v) is 5.74. The molecule has 0 aromatic rings. The van der Waals surface area contributed by atoms with Gasteiger partial charge in [0, 0.05) is 12.6 Å². The molecule has 1 saturated heterocycles. The van der Waals surface area contributed by atoms with Gasteiger partial charge in [0.25, 0.3) is 0 Å². The van der Waals surface area contributed by atoms with Gasteiger partial charge in [-0.15, -0.1) is 24.0 Å². The summed E-state index contributed by atoms with van der Waals surface area (Å²) in [4.78, 5) is 7.05. The zero-order chi connectivity index (χ0) is 10.1. The largest absolute Gasteiger partial charge is 0.354 e. The zero-order valence-electron chi connectivity index (χ0n) is 9.86. The maximum Gasteiger partial charge on any atom is 0.194 e. The number of hydrogen-bond acceptors (Lipinski definition) is 3. The average Bonchev–Trinajstić information content (AvgIpc) is 2.47. The van der Waals surface area contributed by atoms with Gasteiger partial charge < -0.3 is 10.2 Å². The number of guanidine groups is 1. The Morgan fingerprint density at radius 1 is 1.40 bits per heavy atom. The second kappa shape index (κ2) is 5.37. The highest BCUT2D eigenvalue weighted by Crippen LogP contribution is 2.25. The summed E-state index contributed by atoms with van der Waals surface area (Å²) < 4.78 is 0. The van der Waals surface area contributed by atoms with Crippen LogP contribution in [-0.4, -0.2) is 36.0 Å². The van der Waals surface area contributed by atoms with Crippen molar-refractivity contribution in [3.8, 4) is 0 Å². The summed E-state index contributed by atoms with van der Waals surface area (Å²) in [6, 6.07) is 1.18. The van der Waals surface area contributed by atoms with Crippen molar-refractivity contribution < 1.29 is 0 Å². The van der Waals surface area contributed by atoms with Gasteiger partial charge in [-0.3, -0.25) is 4.99 Å². The van der Waals surface area contributed by atoms with Gasteiger partial charge in [-0.05, 0) is 32.6 Å². The predicted octanol–water partition coefficient (Wildman–Crippen LogP) is 2.07. The summed E-state index contributed by atoms with van der Waals surface area (Å²) >= 11 is 0. The molecule has 2 aliphatic rings. The second-order valence-electron chi connectivity index (χ2n) is 4.95. The molecule has 1 fully saturated rings. The monoisotopic (exact) mass is 323 g/mol. The molecule has 0 aromatic heterocycles. The lowest BCUT2D eigenvalue weighted by molar-refractivity contribution is 0.210. The first-order chi connectivity index (χ1) is 6.66. The number of fused-ring (bicyclic) bond motifs is 1. The van der Waals surface area contributed by atoms with E-state index in [0.29, 0.717) is 12.1 Å². The Morgan fingerprint density at radius 2 is 2.13 bits per heavy atom. The third-order valence-corrected chi connectivity index (χ3v) is 3.08. The first kappa shape index (κ1) is 13.1. The number of piperidine rings is 1. The van der Waals surface area contributed by atoms with E-state index in [1.807, 2.05) is 0 Å². The van der Waals surface area contributed by atoms with E-state index >= 15 is 0 Å². The van der Waals surface area contributed by atoms with Crippen LogP contribution in [0.1, 0.15) is 33.6 Å². The van der Waals surface area contributed by atoms with Crippen LogP contribution in [-0.2, 0) is 0 Å². The molecule has 0 bridgehead atoms. The normalized spacial score (nSPS) is 29.6. The summed E-state index contributed by atoms with van der Waals surface area (Å²) in [6.07, 6.45) is 2.68. The summed E-state index contributed by atoms with van der Waals surface area (Å²) in [5, 5.41) is 3.44. The number of aliphatic imine (C=N–C) groups is 1. The van der Waals surface area contributed by atoms with Gasteiger partial charge in [0.15, 0.2) is 5.96 Å². The van der Waals surface area contributed by atoms with E-state index in [1.54, 1.807) is 0 Å². The maximum atomic E-state index is 4.59. The topological polar surface area (TPSA) is 27.6 Å². The van der Waals surface area contributed by atoms with Crippen molar-refractivity contribution in [2.75, 3.05) is 13.1 Å². The molecule has 2 heterocycles. The van der Waals surface area contributed by atoms with Crippen molar-refractivity contribution in [1.29, 1.82) is 0 Å². The zero-order valence-corrected chi connectivity index (χ0v) is 12.2. The average molecular weight is 323 g/mol. The first-order valence-electron chi connectivity index (χ1n) is 5.74. The fourth-order valence-electron chi connectivity index (χ4n) is 2.33. The van der Waals surface area contributed by atoms with E-state index in [0.717, 1.165) is 18.4 Å². The van der Waals surface area contributed by atoms with Gasteiger partial charge in [-0.25, -0.2) is 0 Å². The van der Waals surface area contributed by atoms with E-state index in [4.69, 9.17) is 0 Å². The number of nitrogens with zero attached hydrogens (tertiary/aromatic N) is 2. The Kier molecular flexibility index (Phi) is 4.67. The molecule has 2 atom stereocenters. The van der Waals surface area contributed by atoms with Crippen LogP contribution in [0.4, 0.5) is 0 Å². The van der Waals surface area contributed by atoms with Crippen LogP contribution in [0.25, 0.3) is 0 Å². The van der Waals surface area contributed by atoms with Gasteiger partial charge >= 0.3 is 0 Å². The lowest BCUT2D eigenvalue weighted by Crippen LogP contribution is -2.49. The predicted molar refractivity (Wildman–Crippen MR) is 74.9 cm³/mol. The van der Waals surface area contributed by atoms with E-state index < -0.39 is 0 Å². The molecule has 2 unspecified atom stereocenters. The quantitative estimate of drug-likeness (QED) is 0.748. The standard InChI is InChI=1S/C11H21N3.HI/c1-8(2)13-11-12-6-10-5-4-9(3)7-14(10)11;/h8-10H,4-7H2,1-3H3,(H,12,13);1H. The third kappa shape index (κ3) is 2.98. The van der Waals surface area contributed by atoms with Gasteiger partial charge in [-0.2, -0.15) is 0 Å². The van der Waals surface area contributed by atoms with Crippen molar-refractivity contribution in [2.45, 2.75) is 45.7 Å². The van der Waals surface area contributed by atoms with Crippen molar-refractivity contribution in [2.24, 2.45) is 10.9 Å². The van der Waals surface area contributed by atoms with Gasteiger partial charge in [0.2, 0.25) is 0 Å². The Bertz CT molecular complexity index is 240. The molecule has 0 aromatic carbocycles. The number of nitrogens with one attached hydrogen (secondary N) is 1. The molecule has 0 spiro atoms. The summed E-state index contributed by atoms with van der Waals surface area (Å²) in [7, 11) is 0. The molecule has 2 aliphatic heterocycles. The fourth-order valence-corrected chi connectivity index (χ4v) is 2.33. The van der Waals surface area contributed by atoms with Crippen LogP contribution in [0, 0.1) is 5.92 Å². The summed E-state index contributed by atoms with van der Waals surface area (Å²) in [5.41, 5.74) is 0. The maximum absolute atomic E-state index is 4.59. The smallest absolute Gasteiger partial charge is 0.194 e. The Hall–Kier alpha value is 0. The number of halogens is 1. The summed E-state index contributed by atoms with van der Waals surface area (Å²) in [5.74, 6) is 1.96. The van der Waals surface area contributed by atoms with Gasteiger partial charge in [-0.1, -0.05) is 6.92 Å². The highest BCUT2D eigenvalue weighted by molar-refractivity contribution is 14.0. The minimum atomic E-state index is 0. The minimum Gasteiger partial charge on any atom is -0.354 e. The van der Waals surface area contributed by atoms with Crippen LogP contribution in [0.3, 0.4) is 0 Å². The van der Waals surface area contributed by atoms with E-state index in [9.17, 15) is 0 Å². The molecular weight excluding hydrogens is 301 g/mol. The SMILES string of the molecule is CC1CCC2CN=C(NC(C)C)N2C1.I. The van der Waals surface area contributed by atoms with E-state index in [-0.39, 0.29) is 24.0 Å². The molecule has 4 heteroatoms. The molecule has 3 nitrogen and oxygen atoms in total. The van der Waals surface area contributed by atoms with Crippen molar-refractivity contribution in [1.82, 2.24) is 10.2 Å². The van der Waals surface area contributed by atoms with Crippen LogP contribution >= 0.6 is 24.0 Å². The molecule has 15 heavy (non-hydrogen) atoms.